The molecule has 3 rings (SSSR count). The third-order valence-corrected chi connectivity index (χ3v) is 5.90. The van der Waals surface area contributed by atoms with E-state index in [1.165, 1.54) is 11.8 Å². The molecule has 0 unspecified atom stereocenters. The van der Waals surface area contributed by atoms with Crippen LogP contribution in [0.25, 0.3) is 0 Å². The van der Waals surface area contributed by atoms with E-state index in [1.807, 2.05) is 75.4 Å². The van der Waals surface area contributed by atoms with Gasteiger partial charge in [-0.2, -0.15) is 0 Å². The third-order valence-electron chi connectivity index (χ3n) is 4.92. The molecule has 0 atom stereocenters. The Balaban J connectivity index is 1.67. The molecule has 0 saturated carbocycles. The molecule has 2 N–H and O–H groups in total. The summed E-state index contributed by atoms with van der Waals surface area (Å²) >= 11 is 1.26. The number of thioether (sulfide) groups is 1. The molecule has 1 aromatic heterocycles. The molecule has 3 aromatic rings. The lowest BCUT2D eigenvalue weighted by molar-refractivity contribution is -0.118. The van der Waals surface area contributed by atoms with Gasteiger partial charge in [0.1, 0.15) is 10.8 Å². The predicted octanol–water partition coefficient (Wildman–Crippen LogP) is 4.68. The van der Waals surface area contributed by atoms with Crippen LogP contribution in [0.5, 0.6) is 5.75 Å². The summed E-state index contributed by atoms with van der Waals surface area (Å²) in [5.41, 5.74) is 4.83. The summed E-state index contributed by atoms with van der Waals surface area (Å²) in [5, 5.41) is 6.42. The maximum absolute atomic E-state index is 13.1. The molecule has 32 heavy (non-hydrogen) atoms. The number of nitrogens with zero attached hydrogens (tertiary/aromatic N) is 1. The highest BCUT2D eigenvalue weighted by Crippen LogP contribution is 2.26. The zero-order valence-corrected chi connectivity index (χ0v) is 19.5. The molecule has 0 bridgehead atoms. The van der Waals surface area contributed by atoms with Gasteiger partial charge in [0.25, 0.3) is 5.91 Å². The summed E-state index contributed by atoms with van der Waals surface area (Å²) in [4.78, 5) is 30.0. The van der Waals surface area contributed by atoms with Crippen LogP contribution >= 0.6 is 11.8 Å². The van der Waals surface area contributed by atoms with E-state index in [0.29, 0.717) is 17.1 Å². The average Bonchev–Trinajstić information content (AvgIpc) is 2.77. The van der Waals surface area contributed by atoms with Crippen molar-refractivity contribution in [1.29, 1.82) is 0 Å². The Labute approximate surface area is 192 Å². The molecule has 0 aliphatic heterocycles. The molecular formula is C25H27N3O3S. The molecule has 6 nitrogen and oxygen atoms in total. The molecule has 0 aliphatic carbocycles. The largest absolute Gasteiger partial charge is 0.497 e. The molecule has 0 saturated heterocycles. The monoisotopic (exact) mass is 449 g/mol. The van der Waals surface area contributed by atoms with Gasteiger partial charge in [0.2, 0.25) is 5.91 Å². The van der Waals surface area contributed by atoms with E-state index in [-0.39, 0.29) is 17.6 Å². The second-order valence-electron chi connectivity index (χ2n) is 7.44. The molecule has 2 amide bonds. The summed E-state index contributed by atoms with van der Waals surface area (Å²) in [7, 11) is 1.62. The van der Waals surface area contributed by atoms with Gasteiger partial charge in [-0.25, -0.2) is 4.98 Å². The van der Waals surface area contributed by atoms with E-state index >= 15 is 0 Å². The fraction of sp³-hybridized carbons (Fsp3) is 0.240. The van der Waals surface area contributed by atoms with Crippen molar-refractivity contribution in [2.75, 3.05) is 18.2 Å². The number of pyridine rings is 1. The number of aryl methyl sites for hydroxylation is 3. The predicted molar refractivity (Wildman–Crippen MR) is 128 cm³/mol. The van der Waals surface area contributed by atoms with Crippen LogP contribution in [0.2, 0.25) is 0 Å². The first-order valence-electron chi connectivity index (χ1n) is 10.2. The lowest BCUT2D eigenvalue weighted by Gasteiger charge is -2.14. The average molecular weight is 450 g/mol. The Kier molecular flexibility index (Phi) is 7.89. The summed E-state index contributed by atoms with van der Waals surface area (Å²) in [6, 6.07) is 17.0. The van der Waals surface area contributed by atoms with Gasteiger partial charge in [0.05, 0.1) is 18.4 Å². The lowest BCUT2D eigenvalue weighted by Crippen LogP contribution is -2.25. The number of rotatable bonds is 8. The van der Waals surface area contributed by atoms with Crippen molar-refractivity contribution in [3.8, 4) is 5.75 Å². The molecule has 1 heterocycles. The second-order valence-corrected chi connectivity index (χ2v) is 8.41. The van der Waals surface area contributed by atoms with Crippen LogP contribution < -0.4 is 15.4 Å². The standard InChI is InChI=1S/C25H27N3O3S/c1-16-7-5-6-8-21(16)28-24(30)23-17(2)13-18(3)27-25(23)32-15-22(29)26-14-19-9-11-20(31-4)12-10-19/h5-13H,14-15H2,1-4H3,(H,26,29)(H,28,30). The highest BCUT2D eigenvalue weighted by atomic mass is 32.2. The Bertz CT molecular complexity index is 1110. The number of hydrogen-bond acceptors (Lipinski definition) is 5. The van der Waals surface area contributed by atoms with Crippen LogP contribution in [0.15, 0.2) is 59.6 Å². The minimum Gasteiger partial charge on any atom is -0.497 e. The van der Waals surface area contributed by atoms with Gasteiger partial charge in [-0.05, 0) is 61.7 Å². The number of nitrogens with one attached hydrogen (secondary N) is 2. The molecule has 0 fully saturated rings. The molecule has 0 aliphatic rings. The SMILES string of the molecule is COc1ccc(CNC(=O)CSc2nc(C)cc(C)c2C(=O)Nc2ccccc2C)cc1. The first-order chi connectivity index (χ1) is 15.4. The van der Waals surface area contributed by atoms with Gasteiger partial charge >= 0.3 is 0 Å². The third kappa shape index (κ3) is 6.11. The van der Waals surface area contributed by atoms with Crippen LogP contribution in [-0.4, -0.2) is 29.7 Å². The lowest BCUT2D eigenvalue weighted by atomic mass is 10.1. The van der Waals surface area contributed by atoms with Crippen molar-refractivity contribution in [3.05, 3.63) is 82.5 Å². The van der Waals surface area contributed by atoms with Gasteiger partial charge < -0.3 is 15.4 Å². The number of amides is 2. The number of anilines is 1. The van der Waals surface area contributed by atoms with Gasteiger partial charge in [-0.3, -0.25) is 9.59 Å². The fourth-order valence-electron chi connectivity index (χ4n) is 3.21. The summed E-state index contributed by atoms with van der Waals surface area (Å²) in [6.07, 6.45) is 0. The minimum absolute atomic E-state index is 0.128. The number of aromatic nitrogens is 1. The molecule has 0 radical (unpaired) electrons. The zero-order chi connectivity index (χ0) is 23.1. The van der Waals surface area contributed by atoms with Gasteiger partial charge in [-0.1, -0.05) is 42.1 Å². The minimum atomic E-state index is -0.231. The molecule has 166 valence electrons. The van der Waals surface area contributed by atoms with Crippen LogP contribution in [0.3, 0.4) is 0 Å². The van der Waals surface area contributed by atoms with Crippen molar-refractivity contribution >= 4 is 29.3 Å². The Hall–Kier alpha value is -3.32. The number of hydrogen-bond donors (Lipinski definition) is 2. The van der Waals surface area contributed by atoms with Crippen LogP contribution in [0.1, 0.15) is 32.7 Å². The van der Waals surface area contributed by atoms with E-state index in [1.54, 1.807) is 7.11 Å². The Morgan fingerprint density at radius 2 is 1.72 bits per heavy atom. The summed E-state index contributed by atoms with van der Waals surface area (Å²) in [5.74, 6) is 0.576. The van der Waals surface area contributed by atoms with Crippen molar-refractivity contribution in [2.45, 2.75) is 32.3 Å². The van der Waals surface area contributed by atoms with Gasteiger partial charge in [0, 0.05) is 17.9 Å². The van der Waals surface area contributed by atoms with Crippen LogP contribution in [0.4, 0.5) is 5.69 Å². The first-order valence-corrected chi connectivity index (χ1v) is 11.2. The zero-order valence-electron chi connectivity index (χ0n) is 18.7. The van der Waals surface area contributed by atoms with Crippen molar-refractivity contribution in [1.82, 2.24) is 10.3 Å². The maximum Gasteiger partial charge on any atom is 0.258 e. The van der Waals surface area contributed by atoms with E-state index in [9.17, 15) is 9.59 Å². The second kappa shape index (κ2) is 10.8. The van der Waals surface area contributed by atoms with E-state index < -0.39 is 0 Å². The van der Waals surface area contributed by atoms with Crippen molar-refractivity contribution in [2.24, 2.45) is 0 Å². The van der Waals surface area contributed by atoms with Crippen LogP contribution in [0, 0.1) is 20.8 Å². The Morgan fingerprint density at radius 3 is 2.41 bits per heavy atom. The van der Waals surface area contributed by atoms with Gasteiger partial charge in [-0.15, -0.1) is 0 Å². The quantitative estimate of drug-likeness (QED) is 0.488. The number of carbonyl (C=O) groups excluding carboxylic acids is 2. The van der Waals surface area contributed by atoms with Crippen molar-refractivity contribution in [3.63, 3.8) is 0 Å². The topological polar surface area (TPSA) is 80.3 Å². The molecular weight excluding hydrogens is 422 g/mol. The number of ether oxygens (including phenoxy) is 1. The highest BCUT2D eigenvalue weighted by Gasteiger charge is 2.19. The van der Waals surface area contributed by atoms with E-state index in [2.05, 4.69) is 15.6 Å². The Morgan fingerprint density at radius 1 is 1.00 bits per heavy atom. The van der Waals surface area contributed by atoms with Crippen molar-refractivity contribution < 1.29 is 14.3 Å². The fourth-order valence-corrected chi connectivity index (χ4v) is 4.19. The molecule has 0 spiro atoms. The number of carbonyl (C=O) groups is 2. The van der Waals surface area contributed by atoms with Gasteiger partial charge in [0.15, 0.2) is 0 Å². The normalized spacial score (nSPS) is 10.5. The smallest absolute Gasteiger partial charge is 0.258 e. The maximum atomic E-state index is 13.1. The van der Waals surface area contributed by atoms with Crippen LogP contribution in [-0.2, 0) is 11.3 Å². The summed E-state index contributed by atoms with van der Waals surface area (Å²) in [6.45, 7) is 6.13. The van der Waals surface area contributed by atoms with E-state index in [0.717, 1.165) is 33.8 Å². The molecule has 7 heteroatoms. The number of benzene rings is 2. The number of methoxy groups -OCH3 is 1. The summed E-state index contributed by atoms with van der Waals surface area (Å²) < 4.78 is 5.15. The molecule has 2 aromatic carbocycles. The van der Waals surface area contributed by atoms with E-state index in [4.69, 9.17) is 4.74 Å². The highest BCUT2D eigenvalue weighted by molar-refractivity contribution is 8.00. The number of para-hydroxylation sites is 1. The first kappa shape index (κ1) is 23.3.